The lowest BCUT2D eigenvalue weighted by Crippen LogP contribution is -2.66. The van der Waals surface area contributed by atoms with E-state index in [4.69, 9.17) is 136 Å². The number of likely N-dealkylation sites (tertiary alicyclic amines) is 4. The zero-order valence-corrected chi connectivity index (χ0v) is 82.3. The lowest BCUT2D eigenvalue weighted by atomic mass is 9.99. The zero-order valence-electron chi connectivity index (χ0n) is 74.7. The quantitative estimate of drug-likeness (QED) is 0.0173. The average molecular weight is 2030 g/mol. The molecule has 0 unspecified atom stereocenters. The number of carboxylic acid groups (broad SMARTS) is 4. The van der Waals surface area contributed by atoms with Gasteiger partial charge in [-0.1, -0.05) is 117 Å². The lowest BCUT2D eigenvalue weighted by Gasteiger charge is -2.47. The van der Waals surface area contributed by atoms with Crippen LogP contribution in [-0.4, -0.2) is 405 Å². The van der Waals surface area contributed by atoms with Crippen LogP contribution in [0.25, 0.3) is 0 Å². The van der Waals surface area contributed by atoms with E-state index >= 15 is 0 Å². The number of nitrogens with one attached hydrogen (secondary N) is 3. The molecule has 8 aliphatic rings. The van der Waals surface area contributed by atoms with Crippen molar-refractivity contribution in [3.05, 3.63) is 135 Å². The van der Waals surface area contributed by atoms with Crippen molar-refractivity contribution >= 4 is 174 Å². The number of sulfonamides is 1. The number of hydrogen-bond acceptors (Lipinski definition) is 23. The Hall–Kier alpha value is -6.37. The molecule has 8 fully saturated rings. The van der Waals surface area contributed by atoms with Gasteiger partial charge in [0.15, 0.2) is 5.11 Å². The summed E-state index contributed by atoms with van der Waals surface area (Å²) in [6, 6.07) is 17.5. The number of carboxylic acids is 4. The molecule has 10 atom stereocenters. The largest absolute Gasteiger partial charge is 0.481 e. The van der Waals surface area contributed by atoms with Crippen LogP contribution in [-0.2, 0) is 88.3 Å². The van der Waals surface area contributed by atoms with Gasteiger partial charge in [-0.05, 0) is 215 Å². The highest BCUT2D eigenvalue weighted by atomic mass is 35.5. The number of piperazine rings is 4. The van der Waals surface area contributed by atoms with Crippen LogP contribution in [0.15, 0.2) is 72.8 Å². The minimum absolute atomic E-state index is 0.00575. The molecule has 0 radical (unpaired) electrons. The highest BCUT2D eigenvalue weighted by molar-refractivity contribution is 7.88. The smallest absolute Gasteiger partial charge is 0.329 e. The van der Waals surface area contributed by atoms with Crippen LogP contribution in [0.5, 0.6) is 0 Å². The van der Waals surface area contributed by atoms with Crippen molar-refractivity contribution in [2.24, 2.45) is 5.73 Å². The molecule has 4 aromatic rings. The number of likely N-dealkylation sites (N-methyl/N-ethyl adjacent to an activating group) is 4. The normalized spacial score (nSPS) is 22.6. The minimum atomic E-state index is -3.31. The number of carbonyl (C=O) groups is 9. The molecule has 9 N–H and O–H groups in total. The first-order valence-corrected chi connectivity index (χ1v) is 49.5. The Kier molecular flexibility index (Phi) is 43.7. The van der Waals surface area contributed by atoms with Crippen molar-refractivity contribution < 1.29 is 81.5 Å². The fourth-order valence-corrected chi connectivity index (χ4v) is 19.9. The summed E-state index contributed by atoms with van der Waals surface area (Å²) < 4.78 is 36.8. The van der Waals surface area contributed by atoms with E-state index in [-0.39, 0.29) is 129 Å². The van der Waals surface area contributed by atoms with Gasteiger partial charge < -0.3 is 85.5 Å². The number of carbonyl (C=O) groups excluding carboxylic acids is 5. The van der Waals surface area contributed by atoms with Crippen molar-refractivity contribution in [3.8, 4) is 0 Å². The Balaban J connectivity index is 0.000000197. The van der Waals surface area contributed by atoms with E-state index < -0.39 is 64.8 Å². The van der Waals surface area contributed by atoms with Gasteiger partial charge in [-0.3, -0.25) is 53.2 Å². The first-order chi connectivity index (χ1) is 62.2. The molecule has 0 aromatic heterocycles. The monoisotopic (exact) mass is 2020 g/mol. The molecule has 0 bridgehead atoms. The molecule has 8 saturated heterocycles. The van der Waals surface area contributed by atoms with E-state index in [2.05, 4.69) is 54.6 Å². The molecule has 0 saturated carbocycles. The number of rotatable bonds is 34. The second-order valence-corrected chi connectivity index (χ2v) is 40.3. The molecule has 4 amide bonds. The number of aliphatic carboxylic acids is 4. The van der Waals surface area contributed by atoms with Gasteiger partial charge in [0.1, 0.15) is 25.3 Å². The molecule has 0 aliphatic carbocycles. The zero-order chi connectivity index (χ0) is 95.5. The van der Waals surface area contributed by atoms with Gasteiger partial charge in [0, 0.05) is 104 Å². The number of nitrogens with two attached hydrogens (primary N) is 1. The summed E-state index contributed by atoms with van der Waals surface area (Å²) in [5.41, 5.74) is 8.87. The Morgan fingerprint density at radius 1 is 0.427 bits per heavy atom. The highest BCUT2D eigenvalue weighted by Gasteiger charge is 2.44. The number of benzene rings is 4. The molecule has 8 heterocycles. The Labute approximate surface area is 812 Å². The van der Waals surface area contributed by atoms with E-state index in [1.807, 2.05) is 59.9 Å². The number of hydrogen-bond donors (Lipinski definition) is 8. The van der Waals surface area contributed by atoms with Gasteiger partial charge in [0.2, 0.25) is 33.7 Å². The molecule has 0 spiro atoms. The molecule has 8 aliphatic heterocycles. The maximum atomic E-state index is 13.5. The van der Waals surface area contributed by atoms with E-state index in [9.17, 15) is 56.7 Å². The minimum Gasteiger partial charge on any atom is -0.481 e. The summed E-state index contributed by atoms with van der Waals surface area (Å²) >= 11 is 53.8. The molecular weight excluding hydrogens is 1900 g/mol. The first kappa shape index (κ1) is 108. The molecule has 131 heavy (non-hydrogen) atoms. The van der Waals surface area contributed by atoms with E-state index in [0.717, 1.165) is 133 Å². The maximum absolute atomic E-state index is 13.5. The lowest BCUT2D eigenvalue weighted by molar-refractivity contribution is -0.153. The van der Waals surface area contributed by atoms with E-state index in [0.29, 0.717) is 106 Å². The van der Waals surface area contributed by atoms with Crippen molar-refractivity contribution in [2.75, 3.05) is 198 Å². The summed E-state index contributed by atoms with van der Waals surface area (Å²) in [4.78, 5) is 135. The Morgan fingerprint density at radius 2 is 0.779 bits per heavy atom. The summed E-state index contributed by atoms with van der Waals surface area (Å²) in [5, 5.41) is 45.1. The molecule has 33 nitrogen and oxygen atoms in total. The van der Waals surface area contributed by atoms with Gasteiger partial charge in [-0.15, -0.1) is 0 Å². The molecule has 726 valence electrons. The number of amides is 4. The fourth-order valence-electron chi connectivity index (χ4n) is 17.9. The first-order valence-electron chi connectivity index (χ1n) is 44.2. The topological polar surface area (TPSA) is 388 Å². The van der Waals surface area contributed by atoms with Gasteiger partial charge in [-0.25, -0.2) is 22.7 Å². The number of ether oxygens (including phenoxy) is 2. The SMILES string of the molecule is CN1CCN(C(=O)Cc2ccc(Cl)c(Cl)c2)[C@H](CN2CCCC2)[C@@H]1CNC(=S)N[C@@H](CC(=O)O)C(=O)O.CN1CCN(C(=O)Cc2ccc(Cl)c(Cl)c2)[C@H](CN2CCCC2)[C@@H]1CNS(C)(=O)=O.CN1CCN(C(=O)Cc2ccc(Cl)c(Cl)c2)[C@H](CN2CCCC2)[C@@H]1COC(=O)[C@@H](N)CC(=O)O.CN1C[C@@H](CN2CCCC2)N(C(=O)Cc2ccc(Cl)c(Cl)c2)C[C@H]1COCC(=O)O. The Bertz CT molecular complexity index is 4660. The summed E-state index contributed by atoms with van der Waals surface area (Å²) in [7, 11) is 4.61. The molecular formula is C88H124Cl8N16O17S2. The van der Waals surface area contributed by atoms with Crippen LogP contribution in [0.2, 0.25) is 40.2 Å². The standard InChI is InChI=1S/C24H33Cl2N5O5S.C23H32Cl2N4O5.C21H29Cl2N3O4.C20H30Cl2N4O3S/c1-29-8-9-31(21(32)11-15-4-5-16(25)17(26)10-15)20(14-30-6-2-3-7-30)19(29)13-27-24(37)28-18(23(35)36)12-22(33)34;1-27-8-9-29(21(30)11-15-4-5-16(24)17(25)10-15)19(13-28-6-2-3-7-28)20(27)14-34-23(33)18(26)12-22(31)32;1-24-10-16(11-25-6-2-3-7-25)26(12-17(24)13-30-14-21(28)29)20(27)9-15-4-5-18(22)19(23)8-15;1-24-9-10-26(20(27)12-15-5-6-16(21)17(22)11-15)19(14-25-7-3-4-8-25)18(24)13-23-30(2,28)29/h4-5,10,18-20H,2-3,6-9,11-14H2,1H3,(H,33,34)(H,35,36)(H2,27,28,37);4-5,10,18-20H,2-3,6-9,11-14,26H2,1H3,(H,31,32);4-5,8,16-17H,2-3,6-7,9-14H2,1H3,(H,28,29);5-6,11,18-19,23H,3-4,7-10,12-14H2,1-2H3/t18-,19-,20+;18-,19+,20-;16-,17-;18-,19+/m0000/s1. The number of thiocarbonyl (C=S) groups is 1. The predicted octanol–water partition coefficient (Wildman–Crippen LogP) is 6.96. The van der Waals surface area contributed by atoms with Crippen molar-refractivity contribution in [2.45, 2.75) is 150 Å². The Morgan fingerprint density at radius 3 is 1.13 bits per heavy atom. The van der Waals surface area contributed by atoms with Gasteiger partial charge in [-0.2, -0.15) is 0 Å². The van der Waals surface area contributed by atoms with Crippen LogP contribution >= 0.6 is 105 Å². The predicted molar refractivity (Wildman–Crippen MR) is 511 cm³/mol. The summed E-state index contributed by atoms with van der Waals surface area (Å²) in [6.07, 6.45) is 10.1. The van der Waals surface area contributed by atoms with Crippen molar-refractivity contribution in [3.63, 3.8) is 0 Å². The van der Waals surface area contributed by atoms with E-state index in [1.54, 1.807) is 60.7 Å². The number of esters is 1. The third-order valence-corrected chi connectivity index (χ3v) is 29.1. The van der Waals surface area contributed by atoms with Crippen LogP contribution < -0.4 is 21.1 Å². The third-order valence-electron chi connectivity index (χ3n) is 25.2. The van der Waals surface area contributed by atoms with Crippen LogP contribution in [0.3, 0.4) is 0 Å². The van der Waals surface area contributed by atoms with Gasteiger partial charge in [0.05, 0.1) is 128 Å². The summed E-state index contributed by atoms with van der Waals surface area (Å²) in [6.45, 7) is 16.6. The second-order valence-electron chi connectivity index (χ2n) is 34.8. The van der Waals surface area contributed by atoms with Crippen LogP contribution in [0.4, 0.5) is 0 Å². The van der Waals surface area contributed by atoms with Crippen molar-refractivity contribution in [1.82, 2.24) is 74.2 Å². The van der Waals surface area contributed by atoms with Crippen molar-refractivity contribution in [1.29, 1.82) is 0 Å². The average Bonchev–Trinajstić information content (AvgIpc) is 1.71. The number of nitrogens with zero attached hydrogens (tertiary/aromatic N) is 12. The van der Waals surface area contributed by atoms with Gasteiger partial charge in [0.25, 0.3) is 0 Å². The molecule has 43 heteroatoms. The fraction of sp³-hybridized carbons (Fsp3) is 0.614. The van der Waals surface area contributed by atoms with Crippen LogP contribution in [0.1, 0.15) is 86.5 Å². The second kappa shape index (κ2) is 52.8. The number of halogens is 8. The highest BCUT2D eigenvalue weighted by Crippen LogP contribution is 2.32. The maximum Gasteiger partial charge on any atom is 0.329 e. The third kappa shape index (κ3) is 34.4. The molecule has 12 rings (SSSR count). The summed E-state index contributed by atoms with van der Waals surface area (Å²) in [5.74, 6) is -5.43. The van der Waals surface area contributed by atoms with E-state index in [1.165, 1.54) is 19.1 Å². The molecule has 4 aromatic carbocycles. The van der Waals surface area contributed by atoms with Crippen LogP contribution in [0, 0.1) is 0 Å². The van der Waals surface area contributed by atoms with Gasteiger partial charge >= 0.3 is 29.8 Å².